The average molecular weight is 431 g/mol. The summed E-state index contributed by atoms with van der Waals surface area (Å²) in [5, 5.41) is 7.05. The molecule has 1 N–H and O–H groups in total. The number of nitrogens with zero attached hydrogens (tertiary/aromatic N) is 3. The molecule has 0 bridgehead atoms. The molecule has 0 spiro atoms. The van der Waals surface area contributed by atoms with Crippen LogP contribution in [0.2, 0.25) is 0 Å². The third kappa shape index (κ3) is 4.17. The van der Waals surface area contributed by atoms with Crippen molar-refractivity contribution in [1.82, 2.24) is 20.0 Å². The Balaban J connectivity index is 1.57. The van der Waals surface area contributed by atoms with Crippen molar-refractivity contribution >= 4 is 11.8 Å². The highest BCUT2D eigenvalue weighted by atomic mass is 16.2. The molecule has 2 heterocycles. The fourth-order valence-corrected chi connectivity index (χ4v) is 4.62. The number of likely N-dealkylation sites (tertiary alicyclic amines) is 1. The summed E-state index contributed by atoms with van der Waals surface area (Å²) >= 11 is 0. The molecule has 6 heteroatoms. The van der Waals surface area contributed by atoms with Gasteiger partial charge in [0.25, 0.3) is 5.91 Å². The van der Waals surface area contributed by atoms with E-state index in [9.17, 15) is 9.59 Å². The largest absolute Gasteiger partial charge is 0.355 e. The predicted octanol–water partition coefficient (Wildman–Crippen LogP) is 3.80. The van der Waals surface area contributed by atoms with Crippen molar-refractivity contribution in [2.24, 2.45) is 0 Å². The first-order valence-electron chi connectivity index (χ1n) is 11.2. The molecular weight excluding hydrogens is 400 g/mol. The fraction of sp³-hybridized carbons (Fsp3) is 0.346. The summed E-state index contributed by atoms with van der Waals surface area (Å²) in [6.07, 6.45) is 6.03. The second-order valence-corrected chi connectivity index (χ2v) is 8.52. The van der Waals surface area contributed by atoms with Crippen LogP contribution in [0.3, 0.4) is 0 Å². The van der Waals surface area contributed by atoms with Crippen LogP contribution in [0.4, 0.5) is 0 Å². The van der Waals surface area contributed by atoms with Crippen molar-refractivity contribution in [1.29, 1.82) is 0 Å². The van der Waals surface area contributed by atoms with Crippen molar-refractivity contribution in [2.45, 2.75) is 37.6 Å². The van der Waals surface area contributed by atoms with Gasteiger partial charge in [0.1, 0.15) is 0 Å². The van der Waals surface area contributed by atoms with Crippen molar-refractivity contribution in [3.05, 3.63) is 89.7 Å². The van der Waals surface area contributed by atoms with Crippen LogP contribution in [0.15, 0.2) is 73.1 Å². The predicted molar refractivity (Wildman–Crippen MR) is 124 cm³/mol. The monoisotopic (exact) mass is 430 g/mol. The summed E-state index contributed by atoms with van der Waals surface area (Å²) in [7, 11) is 1.62. The molecule has 6 nitrogen and oxygen atoms in total. The molecule has 32 heavy (non-hydrogen) atoms. The number of amides is 2. The van der Waals surface area contributed by atoms with Crippen LogP contribution < -0.4 is 5.32 Å². The summed E-state index contributed by atoms with van der Waals surface area (Å²) < 4.78 is 1.88. The third-order valence-corrected chi connectivity index (χ3v) is 6.58. The van der Waals surface area contributed by atoms with E-state index in [1.807, 2.05) is 77.2 Å². The molecule has 1 unspecified atom stereocenters. The zero-order valence-electron chi connectivity index (χ0n) is 18.7. The summed E-state index contributed by atoms with van der Waals surface area (Å²) in [5.41, 5.74) is 1.81. The molecule has 1 fully saturated rings. The van der Waals surface area contributed by atoms with Gasteiger partial charge in [-0.15, -0.1) is 0 Å². The molecule has 1 aliphatic rings. The van der Waals surface area contributed by atoms with Crippen LogP contribution in [0.25, 0.3) is 0 Å². The van der Waals surface area contributed by atoms with E-state index in [1.165, 1.54) is 0 Å². The number of carbonyl (C=O) groups is 2. The van der Waals surface area contributed by atoms with E-state index < -0.39 is 5.41 Å². The Bertz CT molecular complexity index is 1020. The quantitative estimate of drug-likeness (QED) is 0.669. The lowest BCUT2D eigenvalue weighted by molar-refractivity contribution is -0.135. The Kier molecular flexibility index (Phi) is 6.40. The van der Waals surface area contributed by atoms with E-state index in [0.717, 1.165) is 30.4 Å². The van der Waals surface area contributed by atoms with E-state index in [0.29, 0.717) is 18.7 Å². The number of hydrogen-bond donors (Lipinski definition) is 1. The van der Waals surface area contributed by atoms with Crippen LogP contribution in [0, 0.1) is 0 Å². The van der Waals surface area contributed by atoms with Crippen molar-refractivity contribution in [3.8, 4) is 0 Å². The minimum absolute atomic E-state index is 0.127. The summed E-state index contributed by atoms with van der Waals surface area (Å²) in [4.78, 5) is 27.9. The summed E-state index contributed by atoms with van der Waals surface area (Å²) in [6.45, 7) is 3.41. The Labute approximate surface area is 189 Å². The molecule has 3 aromatic rings. The normalized spacial score (nSPS) is 16.9. The maximum absolute atomic E-state index is 14.0. The number of carbonyl (C=O) groups excluding carboxylic acids is 2. The highest BCUT2D eigenvalue weighted by Crippen LogP contribution is 2.35. The Hall–Kier alpha value is -3.41. The molecule has 1 saturated heterocycles. The van der Waals surface area contributed by atoms with Gasteiger partial charge in [-0.05, 0) is 37.3 Å². The van der Waals surface area contributed by atoms with Gasteiger partial charge in [-0.2, -0.15) is 5.10 Å². The fourth-order valence-electron chi connectivity index (χ4n) is 4.62. The highest BCUT2D eigenvalue weighted by molar-refractivity contribution is 5.93. The Morgan fingerprint density at radius 1 is 0.969 bits per heavy atom. The Morgan fingerprint density at radius 2 is 1.59 bits per heavy atom. The standard InChI is InChI=1S/C26H30N4O2/c1-26(21-10-5-3-6-11-21,22-12-7-4-8-13-22)25(32)29-16-9-14-23(15-17-29)30-19-20(18-28-30)24(31)27-2/h3-8,10-13,18-19,23H,9,14-17H2,1-2H3,(H,27,31). The minimum Gasteiger partial charge on any atom is -0.355 e. The van der Waals surface area contributed by atoms with Crippen LogP contribution in [-0.4, -0.2) is 46.6 Å². The van der Waals surface area contributed by atoms with Gasteiger partial charge in [0, 0.05) is 26.3 Å². The summed E-state index contributed by atoms with van der Waals surface area (Å²) in [6, 6.07) is 20.2. The van der Waals surface area contributed by atoms with E-state index in [4.69, 9.17) is 0 Å². The molecular formula is C26H30N4O2. The van der Waals surface area contributed by atoms with E-state index in [-0.39, 0.29) is 17.9 Å². The molecule has 0 radical (unpaired) electrons. The van der Waals surface area contributed by atoms with Gasteiger partial charge >= 0.3 is 0 Å². The zero-order chi connectivity index (χ0) is 22.6. The maximum Gasteiger partial charge on any atom is 0.254 e. The number of aromatic nitrogens is 2. The molecule has 2 aromatic carbocycles. The van der Waals surface area contributed by atoms with Crippen LogP contribution in [0.5, 0.6) is 0 Å². The number of hydrogen-bond acceptors (Lipinski definition) is 3. The van der Waals surface area contributed by atoms with Gasteiger partial charge in [0.05, 0.1) is 23.2 Å². The van der Waals surface area contributed by atoms with E-state index >= 15 is 0 Å². The maximum atomic E-state index is 14.0. The number of nitrogens with one attached hydrogen (secondary N) is 1. The minimum atomic E-state index is -0.750. The molecule has 0 saturated carbocycles. The first-order valence-corrected chi connectivity index (χ1v) is 11.2. The van der Waals surface area contributed by atoms with Gasteiger partial charge in [-0.1, -0.05) is 60.7 Å². The van der Waals surface area contributed by atoms with Crippen molar-refractivity contribution in [3.63, 3.8) is 0 Å². The average Bonchev–Trinajstić information content (AvgIpc) is 3.22. The number of rotatable bonds is 5. The van der Waals surface area contributed by atoms with Crippen LogP contribution >= 0.6 is 0 Å². The molecule has 4 rings (SSSR count). The Morgan fingerprint density at radius 3 is 2.19 bits per heavy atom. The zero-order valence-corrected chi connectivity index (χ0v) is 18.7. The van der Waals surface area contributed by atoms with Gasteiger partial charge in [0.2, 0.25) is 5.91 Å². The van der Waals surface area contributed by atoms with Crippen molar-refractivity contribution in [2.75, 3.05) is 20.1 Å². The summed E-state index contributed by atoms with van der Waals surface area (Å²) in [5.74, 6) is -0.00905. The second-order valence-electron chi connectivity index (χ2n) is 8.52. The SMILES string of the molecule is CNC(=O)c1cnn(C2CCCN(C(=O)C(C)(c3ccccc3)c3ccccc3)CC2)c1. The molecule has 166 valence electrons. The van der Waals surface area contributed by atoms with Crippen molar-refractivity contribution < 1.29 is 9.59 Å². The molecule has 1 aliphatic heterocycles. The van der Waals surface area contributed by atoms with E-state index in [2.05, 4.69) is 10.4 Å². The van der Waals surface area contributed by atoms with Gasteiger partial charge in [-0.3, -0.25) is 14.3 Å². The molecule has 1 aromatic heterocycles. The molecule has 0 aliphatic carbocycles. The molecule has 2 amide bonds. The molecule has 1 atom stereocenters. The van der Waals surface area contributed by atoms with Gasteiger partial charge in [0.15, 0.2) is 0 Å². The first kappa shape index (κ1) is 21.8. The lowest BCUT2D eigenvalue weighted by atomic mass is 9.75. The highest BCUT2D eigenvalue weighted by Gasteiger charge is 2.40. The smallest absolute Gasteiger partial charge is 0.254 e. The van der Waals surface area contributed by atoms with E-state index in [1.54, 1.807) is 19.4 Å². The number of benzene rings is 2. The topological polar surface area (TPSA) is 67.2 Å². The third-order valence-electron chi connectivity index (χ3n) is 6.58. The first-order chi connectivity index (χ1) is 15.5. The van der Waals surface area contributed by atoms with Gasteiger partial charge in [-0.25, -0.2) is 0 Å². The second kappa shape index (κ2) is 9.39. The lowest BCUT2D eigenvalue weighted by Gasteiger charge is -2.35. The lowest BCUT2D eigenvalue weighted by Crippen LogP contribution is -2.46. The van der Waals surface area contributed by atoms with Crippen LogP contribution in [-0.2, 0) is 10.2 Å². The van der Waals surface area contributed by atoms with Gasteiger partial charge < -0.3 is 10.2 Å². The van der Waals surface area contributed by atoms with Crippen LogP contribution in [0.1, 0.15) is 53.7 Å².